The highest BCUT2D eigenvalue weighted by molar-refractivity contribution is 5.77. The number of hydrogen-bond acceptors (Lipinski definition) is 7. The second-order valence-corrected chi connectivity index (χ2v) is 6.85. The van der Waals surface area contributed by atoms with E-state index in [2.05, 4.69) is 10.1 Å². The van der Waals surface area contributed by atoms with Gasteiger partial charge in [-0.15, -0.1) is 0 Å². The number of methoxy groups -OCH3 is 1. The van der Waals surface area contributed by atoms with Crippen LogP contribution in [0.15, 0.2) is 28.8 Å². The number of piperidine rings is 1. The third kappa shape index (κ3) is 5.77. The molecule has 1 aromatic carbocycles. The van der Waals surface area contributed by atoms with Gasteiger partial charge in [-0.3, -0.25) is 4.79 Å². The summed E-state index contributed by atoms with van der Waals surface area (Å²) in [5, 5.41) is 4.07. The minimum atomic E-state index is 0.000278. The van der Waals surface area contributed by atoms with Gasteiger partial charge in [0.1, 0.15) is 12.4 Å². The van der Waals surface area contributed by atoms with Gasteiger partial charge in [0.2, 0.25) is 0 Å². The van der Waals surface area contributed by atoms with E-state index in [1.54, 1.807) is 7.11 Å². The van der Waals surface area contributed by atoms with Crippen LogP contribution in [0.4, 0.5) is 0 Å². The zero-order valence-corrected chi connectivity index (χ0v) is 16.4. The summed E-state index contributed by atoms with van der Waals surface area (Å²) < 4.78 is 21.2. The van der Waals surface area contributed by atoms with Gasteiger partial charge in [-0.1, -0.05) is 17.3 Å². The molecule has 28 heavy (non-hydrogen) atoms. The quantitative estimate of drug-likeness (QED) is 0.608. The Morgan fingerprint density at radius 3 is 2.86 bits per heavy atom. The predicted molar refractivity (Wildman–Crippen MR) is 101 cm³/mol. The van der Waals surface area contributed by atoms with Crippen LogP contribution in [-0.2, 0) is 20.9 Å². The Kier molecular flexibility index (Phi) is 7.39. The first kappa shape index (κ1) is 20.3. The highest BCUT2D eigenvalue weighted by Gasteiger charge is 2.27. The highest BCUT2D eigenvalue weighted by Crippen LogP contribution is 2.26. The largest absolute Gasteiger partial charge is 0.484 e. The fourth-order valence-electron chi connectivity index (χ4n) is 3.12. The van der Waals surface area contributed by atoms with Gasteiger partial charge in [0.25, 0.3) is 11.8 Å². The fraction of sp³-hybridized carbons (Fsp3) is 0.550. The number of carbonyl (C=O) groups excluding carboxylic acids is 1. The van der Waals surface area contributed by atoms with Crippen LogP contribution in [0, 0.1) is 6.92 Å². The molecule has 0 spiro atoms. The van der Waals surface area contributed by atoms with E-state index >= 15 is 0 Å². The number of likely N-dealkylation sites (tertiary alicyclic amines) is 1. The normalized spacial score (nSPS) is 15.0. The van der Waals surface area contributed by atoms with Crippen molar-refractivity contribution in [3.63, 3.8) is 0 Å². The summed E-state index contributed by atoms with van der Waals surface area (Å²) in [5.41, 5.74) is 1.11. The van der Waals surface area contributed by atoms with E-state index in [9.17, 15) is 4.79 Å². The van der Waals surface area contributed by atoms with Crippen molar-refractivity contribution in [3.05, 3.63) is 41.5 Å². The topological polar surface area (TPSA) is 86.9 Å². The molecule has 0 radical (unpaired) electrons. The van der Waals surface area contributed by atoms with Crippen molar-refractivity contribution in [2.24, 2.45) is 0 Å². The molecule has 152 valence electrons. The number of hydrogen-bond donors (Lipinski definition) is 0. The van der Waals surface area contributed by atoms with Crippen LogP contribution < -0.4 is 4.74 Å². The van der Waals surface area contributed by atoms with Crippen molar-refractivity contribution in [2.75, 3.05) is 40.0 Å². The summed E-state index contributed by atoms with van der Waals surface area (Å²) in [6.45, 7) is 4.67. The van der Waals surface area contributed by atoms with Crippen LogP contribution >= 0.6 is 0 Å². The molecule has 1 saturated heterocycles. The second-order valence-electron chi connectivity index (χ2n) is 6.85. The molecule has 1 aliphatic rings. The lowest BCUT2D eigenvalue weighted by Crippen LogP contribution is -2.40. The van der Waals surface area contributed by atoms with Crippen molar-refractivity contribution in [2.45, 2.75) is 32.3 Å². The Bertz CT molecular complexity index is 756. The Labute approximate surface area is 164 Å². The SMILES string of the molecule is COCCOCc1nc(C2CCN(C(=O)COc3cccc(C)c3)CC2)no1. The van der Waals surface area contributed by atoms with Crippen LogP contribution in [0.2, 0.25) is 0 Å². The standard InChI is InChI=1S/C20H27N3O5/c1-15-4-3-5-17(12-15)27-14-19(24)23-8-6-16(7-9-23)20-21-18(28-22-20)13-26-11-10-25-2/h3-5,12,16H,6-11,13-14H2,1-2H3. The van der Waals surface area contributed by atoms with Gasteiger partial charge < -0.3 is 23.6 Å². The minimum absolute atomic E-state index is 0.000278. The number of nitrogens with zero attached hydrogens (tertiary/aromatic N) is 3. The molecule has 8 heteroatoms. The maximum Gasteiger partial charge on any atom is 0.260 e. The van der Waals surface area contributed by atoms with Crippen LogP contribution in [-0.4, -0.2) is 61.0 Å². The maximum atomic E-state index is 12.4. The number of amides is 1. The first-order chi connectivity index (χ1) is 13.7. The summed E-state index contributed by atoms with van der Waals surface area (Å²) >= 11 is 0. The molecular formula is C20H27N3O5. The Balaban J connectivity index is 1.41. The van der Waals surface area contributed by atoms with Gasteiger partial charge in [-0.2, -0.15) is 4.98 Å². The smallest absolute Gasteiger partial charge is 0.260 e. The molecule has 8 nitrogen and oxygen atoms in total. The van der Waals surface area contributed by atoms with E-state index in [1.165, 1.54) is 0 Å². The molecule has 0 bridgehead atoms. The number of aryl methyl sites for hydroxylation is 1. The predicted octanol–water partition coefficient (Wildman–Crippen LogP) is 2.33. The van der Waals surface area contributed by atoms with Gasteiger partial charge in [0.15, 0.2) is 12.4 Å². The molecule has 0 saturated carbocycles. The Hall–Kier alpha value is -2.45. The van der Waals surface area contributed by atoms with Crippen LogP contribution in [0.3, 0.4) is 0 Å². The van der Waals surface area contributed by atoms with Gasteiger partial charge in [-0.25, -0.2) is 0 Å². The zero-order chi connectivity index (χ0) is 19.8. The molecule has 1 aliphatic heterocycles. The van der Waals surface area contributed by atoms with E-state index in [0.717, 1.165) is 24.2 Å². The average Bonchev–Trinajstić information content (AvgIpc) is 3.19. The molecule has 0 N–H and O–H groups in total. The monoisotopic (exact) mass is 389 g/mol. The number of aromatic nitrogens is 2. The minimum Gasteiger partial charge on any atom is -0.484 e. The maximum absolute atomic E-state index is 12.4. The Morgan fingerprint density at radius 2 is 2.11 bits per heavy atom. The van der Waals surface area contributed by atoms with Gasteiger partial charge >= 0.3 is 0 Å². The van der Waals surface area contributed by atoms with Crippen LogP contribution in [0.5, 0.6) is 5.75 Å². The highest BCUT2D eigenvalue weighted by atomic mass is 16.5. The molecule has 0 atom stereocenters. The van der Waals surface area contributed by atoms with E-state index in [0.29, 0.717) is 38.0 Å². The third-order valence-corrected chi connectivity index (χ3v) is 4.71. The average molecular weight is 389 g/mol. The number of rotatable bonds is 9. The third-order valence-electron chi connectivity index (χ3n) is 4.71. The summed E-state index contributed by atoms with van der Waals surface area (Å²) in [7, 11) is 1.62. The van der Waals surface area contributed by atoms with Gasteiger partial charge in [0, 0.05) is 26.1 Å². The number of ether oxygens (including phenoxy) is 3. The Morgan fingerprint density at radius 1 is 1.29 bits per heavy atom. The molecule has 3 rings (SSSR count). The lowest BCUT2D eigenvalue weighted by Gasteiger charge is -2.30. The van der Waals surface area contributed by atoms with Crippen LogP contribution in [0.25, 0.3) is 0 Å². The molecule has 1 fully saturated rings. The lowest BCUT2D eigenvalue weighted by molar-refractivity contribution is -0.134. The molecule has 0 aliphatic carbocycles. The van der Waals surface area contributed by atoms with Gasteiger partial charge in [0.05, 0.1) is 13.2 Å². The molecular weight excluding hydrogens is 362 g/mol. The second kappa shape index (κ2) is 10.2. The first-order valence-corrected chi connectivity index (χ1v) is 9.52. The lowest BCUT2D eigenvalue weighted by atomic mass is 9.96. The van der Waals surface area contributed by atoms with E-state index in [1.807, 2.05) is 36.1 Å². The summed E-state index contributed by atoms with van der Waals surface area (Å²) in [4.78, 5) is 18.6. The summed E-state index contributed by atoms with van der Waals surface area (Å²) in [6.07, 6.45) is 1.61. The molecule has 1 aromatic heterocycles. The number of carbonyl (C=O) groups is 1. The first-order valence-electron chi connectivity index (χ1n) is 9.52. The number of benzene rings is 1. The molecule has 0 unspecified atom stereocenters. The van der Waals surface area contributed by atoms with E-state index < -0.39 is 0 Å². The van der Waals surface area contributed by atoms with Crippen LogP contribution in [0.1, 0.15) is 36.0 Å². The van der Waals surface area contributed by atoms with Crippen molar-refractivity contribution in [1.29, 1.82) is 0 Å². The van der Waals surface area contributed by atoms with Crippen molar-refractivity contribution in [3.8, 4) is 5.75 Å². The molecule has 1 amide bonds. The molecule has 2 aromatic rings. The summed E-state index contributed by atoms with van der Waals surface area (Å²) in [6, 6.07) is 7.70. The van der Waals surface area contributed by atoms with Crippen molar-refractivity contribution < 1.29 is 23.5 Å². The van der Waals surface area contributed by atoms with Gasteiger partial charge in [-0.05, 0) is 37.5 Å². The van der Waals surface area contributed by atoms with E-state index in [-0.39, 0.29) is 25.0 Å². The van der Waals surface area contributed by atoms with Crippen molar-refractivity contribution >= 4 is 5.91 Å². The molecule has 2 heterocycles. The van der Waals surface area contributed by atoms with Crippen molar-refractivity contribution in [1.82, 2.24) is 15.0 Å². The fourth-order valence-corrected chi connectivity index (χ4v) is 3.12. The van der Waals surface area contributed by atoms with E-state index in [4.69, 9.17) is 18.7 Å². The zero-order valence-electron chi connectivity index (χ0n) is 16.4. The summed E-state index contributed by atoms with van der Waals surface area (Å²) in [5.74, 6) is 2.07.